The molecule has 2 N–H and O–H groups in total. The SMILES string of the molecule is C[C@@H](OC(O)Nc1c(-c2ncc(OS(C)(=O)=O)cn2)cnn1C)c1cccnc1F. The van der Waals surface area contributed by atoms with Crippen LogP contribution in [0.3, 0.4) is 0 Å². The Kier molecular flexibility index (Phi) is 6.24. The maximum atomic E-state index is 13.8. The van der Waals surface area contributed by atoms with Crippen LogP contribution in [0.1, 0.15) is 18.6 Å². The molecule has 0 saturated heterocycles. The van der Waals surface area contributed by atoms with Crippen LogP contribution in [0.15, 0.2) is 36.9 Å². The van der Waals surface area contributed by atoms with Crippen molar-refractivity contribution in [3.8, 4) is 17.1 Å². The van der Waals surface area contributed by atoms with E-state index in [1.165, 1.54) is 35.5 Å². The maximum Gasteiger partial charge on any atom is 0.306 e. The Morgan fingerprint density at radius 2 is 1.93 bits per heavy atom. The summed E-state index contributed by atoms with van der Waals surface area (Å²) in [6, 6.07) is 3.06. The van der Waals surface area contributed by atoms with Crippen LogP contribution in [-0.4, -0.2) is 50.9 Å². The number of halogens is 1. The fraction of sp³-hybridized carbons (Fsp3) is 0.294. The van der Waals surface area contributed by atoms with Crippen LogP contribution in [0, 0.1) is 5.95 Å². The summed E-state index contributed by atoms with van der Waals surface area (Å²) in [5.41, 5.74) is 0.597. The summed E-state index contributed by atoms with van der Waals surface area (Å²) in [6.45, 7) is 1.57. The largest absolute Gasteiger partial charge is 0.379 e. The van der Waals surface area contributed by atoms with Crippen LogP contribution in [0.4, 0.5) is 10.2 Å². The van der Waals surface area contributed by atoms with Crippen molar-refractivity contribution in [3.63, 3.8) is 0 Å². The first-order valence-electron chi connectivity index (χ1n) is 8.58. The van der Waals surface area contributed by atoms with E-state index in [1.54, 1.807) is 20.0 Å². The van der Waals surface area contributed by atoms with Gasteiger partial charge in [-0.1, -0.05) is 6.07 Å². The molecule has 160 valence electrons. The number of hydrogen-bond donors (Lipinski definition) is 2. The molecule has 0 saturated carbocycles. The predicted molar refractivity (Wildman–Crippen MR) is 103 cm³/mol. The van der Waals surface area contributed by atoms with E-state index >= 15 is 0 Å². The lowest BCUT2D eigenvalue weighted by Crippen LogP contribution is -2.26. The summed E-state index contributed by atoms with van der Waals surface area (Å²) >= 11 is 0. The number of anilines is 1. The second kappa shape index (κ2) is 8.69. The highest BCUT2D eigenvalue weighted by Gasteiger charge is 2.20. The Bertz CT molecular complexity index is 1120. The van der Waals surface area contributed by atoms with Gasteiger partial charge in [-0.15, -0.1) is 0 Å². The Labute approximate surface area is 171 Å². The number of rotatable bonds is 8. The average Bonchev–Trinajstić information content (AvgIpc) is 3.02. The number of pyridine rings is 1. The second-order valence-corrected chi connectivity index (χ2v) is 7.79. The van der Waals surface area contributed by atoms with Crippen molar-refractivity contribution < 1.29 is 26.8 Å². The molecule has 0 aliphatic rings. The van der Waals surface area contributed by atoms with Gasteiger partial charge >= 0.3 is 10.1 Å². The molecule has 0 aliphatic carbocycles. The molecular weight excluding hydrogens is 419 g/mol. The fourth-order valence-electron chi connectivity index (χ4n) is 2.56. The topological polar surface area (TPSA) is 141 Å². The van der Waals surface area contributed by atoms with Crippen molar-refractivity contribution in [2.75, 3.05) is 11.6 Å². The highest BCUT2D eigenvalue weighted by atomic mass is 32.2. The molecule has 0 radical (unpaired) electrons. The summed E-state index contributed by atoms with van der Waals surface area (Å²) in [5.74, 6) is -0.221. The van der Waals surface area contributed by atoms with Crippen LogP contribution < -0.4 is 9.50 Å². The van der Waals surface area contributed by atoms with Gasteiger partial charge in [0.2, 0.25) is 12.4 Å². The van der Waals surface area contributed by atoms with E-state index < -0.39 is 28.6 Å². The van der Waals surface area contributed by atoms with Crippen molar-refractivity contribution in [3.05, 3.63) is 48.4 Å². The van der Waals surface area contributed by atoms with Gasteiger partial charge in [0.05, 0.1) is 36.5 Å². The molecule has 3 heterocycles. The Morgan fingerprint density at radius 1 is 1.23 bits per heavy atom. The van der Waals surface area contributed by atoms with Gasteiger partial charge in [0, 0.05) is 18.8 Å². The molecule has 0 fully saturated rings. The Balaban J connectivity index is 1.75. The predicted octanol–water partition coefficient (Wildman–Crippen LogP) is 1.22. The number of nitrogens with zero attached hydrogens (tertiary/aromatic N) is 5. The molecule has 0 aliphatic heterocycles. The van der Waals surface area contributed by atoms with Crippen molar-refractivity contribution in [2.24, 2.45) is 7.05 Å². The summed E-state index contributed by atoms with van der Waals surface area (Å²) in [5, 5.41) is 17.1. The summed E-state index contributed by atoms with van der Waals surface area (Å²) in [6.07, 6.45) is 3.76. The number of ether oxygens (including phenoxy) is 1. The van der Waals surface area contributed by atoms with Crippen LogP contribution >= 0.6 is 0 Å². The number of aliphatic hydroxyl groups is 1. The van der Waals surface area contributed by atoms with Crippen molar-refractivity contribution in [1.29, 1.82) is 0 Å². The monoisotopic (exact) mass is 438 g/mol. The molecule has 0 amide bonds. The van der Waals surface area contributed by atoms with Crippen molar-refractivity contribution in [1.82, 2.24) is 24.7 Å². The molecule has 13 heteroatoms. The molecule has 30 heavy (non-hydrogen) atoms. The maximum absolute atomic E-state index is 13.8. The van der Waals surface area contributed by atoms with Gasteiger partial charge in [0.1, 0.15) is 5.82 Å². The van der Waals surface area contributed by atoms with E-state index in [0.717, 1.165) is 6.26 Å². The Morgan fingerprint density at radius 3 is 2.57 bits per heavy atom. The van der Waals surface area contributed by atoms with E-state index in [4.69, 9.17) is 8.92 Å². The van der Waals surface area contributed by atoms with Crippen molar-refractivity contribution >= 4 is 15.9 Å². The smallest absolute Gasteiger partial charge is 0.306 e. The molecule has 2 atom stereocenters. The molecule has 3 aromatic rings. The number of aliphatic hydroxyl groups excluding tert-OH is 1. The molecule has 0 bridgehead atoms. The number of nitrogens with one attached hydrogen (secondary N) is 1. The molecular formula is C17H19FN6O5S. The minimum Gasteiger partial charge on any atom is -0.379 e. The minimum atomic E-state index is -3.70. The lowest BCUT2D eigenvalue weighted by atomic mass is 10.2. The first kappa shape index (κ1) is 21.5. The first-order valence-corrected chi connectivity index (χ1v) is 10.4. The lowest BCUT2D eigenvalue weighted by molar-refractivity contribution is -0.114. The average molecular weight is 438 g/mol. The third kappa shape index (κ3) is 5.25. The first-order chi connectivity index (χ1) is 14.1. The molecule has 3 rings (SSSR count). The van der Waals surface area contributed by atoms with Crippen LogP contribution in [0.25, 0.3) is 11.4 Å². The second-order valence-electron chi connectivity index (χ2n) is 6.22. The van der Waals surface area contributed by atoms with Crippen LogP contribution in [-0.2, 0) is 21.9 Å². The molecule has 11 nitrogen and oxygen atoms in total. The highest BCUT2D eigenvalue weighted by molar-refractivity contribution is 7.86. The van der Waals surface area contributed by atoms with Crippen LogP contribution in [0.2, 0.25) is 0 Å². The zero-order valence-electron chi connectivity index (χ0n) is 16.2. The minimum absolute atomic E-state index is 0.0460. The van der Waals surface area contributed by atoms with Crippen LogP contribution in [0.5, 0.6) is 5.75 Å². The third-order valence-corrected chi connectivity index (χ3v) is 4.37. The fourth-order valence-corrected chi connectivity index (χ4v) is 3.00. The third-order valence-electron chi connectivity index (χ3n) is 3.87. The zero-order valence-corrected chi connectivity index (χ0v) is 17.0. The summed E-state index contributed by atoms with van der Waals surface area (Å²) in [4.78, 5) is 11.7. The number of aromatic nitrogens is 5. The Hall–Kier alpha value is -3.16. The van der Waals surface area contributed by atoms with Gasteiger partial charge in [0.15, 0.2) is 11.6 Å². The van der Waals surface area contributed by atoms with E-state index in [0.29, 0.717) is 11.4 Å². The van der Waals surface area contributed by atoms with Crippen molar-refractivity contribution in [2.45, 2.75) is 19.4 Å². The quantitative estimate of drug-likeness (QED) is 0.299. The summed E-state index contributed by atoms with van der Waals surface area (Å²) in [7, 11) is -2.09. The number of hydrogen-bond acceptors (Lipinski definition) is 10. The van der Waals surface area contributed by atoms with Gasteiger partial charge in [0.25, 0.3) is 0 Å². The van der Waals surface area contributed by atoms with E-state index in [1.807, 2.05) is 0 Å². The van der Waals surface area contributed by atoms with Gasteiger partial charge in [-0.25, -0.2) is 15.0 Å². The van der Waals surface area contributed by atoms with Gasteiger partial charge in [-0.2, -0.15) is 17.9 Å². The van der Waals surface area contributed by atoms with E-state index in [2.05, 4.69) is 25.4 Å². The summed E-state index contributed by atoms with van der Waals surface area (Å²) < 4.78 is 47.7. The zero-order chi connectivity index (χ0) is 21.9. The van der Waals surface area contributed by atoms with Gasteiger partial charge < -0.3 is 19.3 Å². The highest BCUT2D eigenvalue weighted by Crippen LogP contribution is 2.27. The molecule has 1 unspecified atom stereocenters. The molecule has 0 spiro atoms. The van der Waals surface area contributed by atoms with Gasteiger partial charge in [-0.3, -0.25) is 4.68 Å². The number of aryl methyl sites for hydroxylation is 1. The molecule has 3 aromatic heterocycles. The standard InChI is InChI=1S/C17H19FN6O5S/c1-10(12-5-4-6-19-14(12)18)28-17(25)23-16-13(9-22-24(16)2)15-20-7-11(8-21-15)29-30(3,26)27/h4-10,17,23,25H,1-3H3/t10-,17?/m1/s1. The van der Waals surface area contributed by atoms with Gasteiger partial charge in [-0.05, 0) is 13.0 Å². The van der Waals surface area contributed by atoms with E-state index in [9.17, 15) is 17.9 Å². The lowest BCUT2D eigenvalue weighted by Gasteiger charge is -2.20. The van der Waals surface area contributed by atoms with E-state index in [-0.39, 0.29) is 17.1 Å². The normalized spacial score (nSPS) is 13.6. The molecule has 0 aromatic carbocycles.